The summed E-state index contributed by atoms with van der Waals surface area (Å²) in [5.41, 5.74) is 0.807. The first kappa shape index (κ1) is 12.5. The third kappa shape index (κ3) is 2.19. The van der Waals surface area contributed by atoms with Gasteiger partial charge in [0.1, 0.15) is 0 Å². The maximum absolute atomic E-state index is 11.6. The summed E-state index contributed by atoms with van der Waals surface area (Å²) in [6.45, 7) is 3.05. The van der Waals surface area contributed by atoms with E-state index in [1.807, 2.05) is 6.07 Å². The van der Waals surface area contributed by atoms with Crippen molar-refractivity contribution in [3.8, 4) is 5.69 Å². The van der Waals surface area contributed by atoms with Gasteiger partial charge in [-0.3, -0.25) is 9.59 Å². The van der Waals surface area contributed by atoms with Gasteiger partial charge in [-0.1, -0.05) is 23.7 Å². The topological polar surface area (TPSA) is 52.0 Å². The third-order valence-corrected chi connectivity index (χ3v) is 2.84. The Labute approximate surface area is 109 Å². The number of hydrogen-bond donors (Lipinski definition) is 0. The first-order valence-corrected chi connectivity index (χ1v) is 5.75. The van der Waals surface area contributed by atoms with Crippen molar-refractivity contribution < 1.29 is 4.79 Å². The second kappa shape index (κ2) is 4.74. The molecule has 1 aromatic carbocycles. The molecule has 18 heavy (non-hydrogen) atoms. The number of para-hydroxylation sites is 1. The van der Waals surface area contributed by atoms with Gasteiger partial charge in [0.25, 0.3) is 0 Å². The zero-order valence-electron chi connectivity index (χ0n) is 9.98. The van der Waals surface area contributed by atoms with E-state index in [-0.39, 0.29) is 16.9 Å². The van der Waals surface area contributed by atoms with Crippen LogP contribution < -0.4 is 5.43 Å². The lowest BCUT2D eigenvalue weighted by Gasteiger charge is -2.11. The minimum atomic E-state index is -0.372. The van der Waals surface area contributed by atoms with Crippen LogP contribution in [0.4, 0.5) is 0 Å². The molecular weight excluding hydrogens is 252 g/mol. The normalized spacial score (nSPS) is 10.4. The molecule has 0 N–H and O–H groups in total. The summed E-state index contributed by atoms with van der Waals surface area (Å²) in [6.07, 6.45) is 0. The monoisotopic (exact) mass is 262 g/mol. The molecule has 0 unspecified atom stereocenters. The Morgan fingerprint density at radius 1 is 1.33 bits per heavy atom. The summed E-state index contributed by atoms with van der Waals surface area (Å²) in [4.78, 5) is 23.0. The van der Waals surface area contributed by atoms with Crippen molar-refractivity contribution in [3.63, 3.8) is 0 Å². The van der Waals surface area contributed by atoms with E-state index in [2.05, 4.69) is 5.10 Å². The summed E-state index contributed by atoms with van der Waals surface area (Å²) in [5, 5.41) is 4.58. The number of hydrogen-bond acceptors (Lipinski definition) is 3. The fraction of sp³-hybridized carbons (Fsp3) is 0.154. The average Bonchev–Trinajstić information content (AvgIpc) is 2.30. The Balaban J connectivity index is 2.73. The first-order valence-electron chi connectivity index (χ1n) is 5.37. The Morgan fingerprint density at radius 3 is 2.61 bits per heavy atom. The summed E-state index contributed by atoms with van der Waals surface area (Å²) >= 11 is 6.08. The second-order valence-electron chi connectivity index (χ2n) is 3.92. The Morgan fingerprint density at radius 2 is 2.00 bits per heavy atom. The van der Waals surface area contributed by atoms with Crippen molar-refractivity contribution in [1.82, 2.24) is 9.78 Å². The van der Waals surface area contributed by atoms with E-state index in [0.29, 0.717) is 16.4 Å². The molecule has 92 valence electrons. The molecule has 5 heteroatoms. The molecule has 0 aliphatic rings. The molecule has 0 bridgehead atoms. The SMILES string of the molecule is CC(=O)c1nn(-c2ccccc2Cl)c(C)cc1=O. The van der Waals surface area contributed by atoms with Crippen LogP contribution in [0.1, 0.15) is 23.1 Å². The number of Topliss-reactive ketones (excluding diaryl/α,β-unsaturated/α-hetero) is 1. The Hall–Kier alpha value is -1.94. The standard InChI is InChI=1S/C13H11ClN2O2/c1-8-7-12(18)13(9(2)17)15-16(8)11-6-4-3-5-10(11)14/h3-7H,1-2H3. The number of halogens is 1. The summed E-state index contributed by atoms with van der Waals surface area (Å²) in [6, 6.07) is 8.50. The Kier molecular flexibility index (Phi) is 3.30. The van der Waals surface area contributed by atoms with Crippen LogP contribution in [0.15, 0.2) is 35.1 Å². The van der Waals surface area contributed by atoms with Gasteiger partial charge >= 0.3 is 0 Å². The van der Waals surface area contributed by atoms with Crippen LogP contribution in [-0.2, 0) is 0 Å². The zero-order valence-corrected chi connectivity index (χ0v) is 10.7. The van der Waals surface area contributed by atoms with Crippen LogP contribution in [-0.4, -0.2) is 15.6 Å². The molecule has 0 aliphatic carbocycles. The van der Waals surface area contributed by atoms with Gasteiger partial charge in [0.2, 0.25) is 5.43 Å². The van der Waals surface area contributed by atoms with Gasteiger partial charge in [0.05, 0.1) is 10.7 Å². The van der Waals surface area contributed by atoms with Gasteiger partial charge in [-0.05, 0) is 19.1 Å². The largest absolute Gasteiger partial charge is 0.293 e. The van der Waals surface area contributed by atoms with Gasteiger partial charge in [-0.2, -0.15) is 5.10 Å². The fourth-order valence-electron chi connectivity index (χ4n) is 1.66. The fourth-order valence-corrected chi connectivity index (χ4v) is 1.87. The van der Waals surface area contributed by atoms with E-state index in [9.17, 15) is 9.59 Å². The molecule has 1 aromatic heterocycles. The molecule has 0 saturated heterocycles. The van der Waals surface area contributed by atoms with Crippen molar-refractivity contribution >= 4 is 17.4 Å². The minimum absolute atomic E-state index is 0.0829. The van der Waals surface area contributed by atoms with E-state index < -0.39 is 0 Å². The molecule has 0 fully saturated rings. The van der Waals surface area contributed by atoms with Crippen LogP contribution in [0.2, 0.25) is 5.02 Å². The van der Waals surface area contributed by atoms with Gasteiger partial charge in [0.15, 0.2) is 11.5 Å². The summed E-state index contributed by atoms with van der Waals surface area (Å²) in [5.74, 6) is -0.360. The van der Waals surface area contributed by atoms with Crippen molar-refractivity contribution in [2.45, 2.75) is 13.8 Å². The molecule has 4 nitrogen and oxygen atoms in total. The molecule has 2 aromatic rings. The van der Waals surface area contributed by atoms with Crippen LogP contribution >= 0.6 is 11.6 Å². The van der Waals surface area contributed by atoms with Crippen molar-refractivity contribution in [2.24, 2.45) is 0 Å². The highest BCUT2D eigenvalue weighted by Crippen LogP contribution is 2.19. The number of aryl methyl sites for hydroxylation is 1. The molecule has 2 rings (SSSR count). The van der Waals surface area contributed by atoms with Crippen LogP contribution in [0.5, 0.6) is 0 Å². The van der Waals surface area contributed by atoms with Crippen molar-refractivity contribution in [3.05, 3.63) is 57.0 Å². The summed E-state index contributed by atoms with van der Waals surface area (Å²) < 4.78 is 1.50. The third-order valence-electron chi connectivity index (χ3n) is 2.52. The predicted molar refractivity (Wildman–Crippen MR) is 69.6 cm³/mol. The number of aromatic nitrogens is 2. The first-order chi connectivity index (χ1) is 8.50. The molecule has 0 spiro atoms. The summed E-state index contributed by atoms with van der Waals surface area (Å²) in [7, 11) is 0. The average molecular weight is 263 g/mol. The van der Waals surface area contributed by atoms with Gasteiger partial charge in [-0.15, -0.1) is 0 Å². The highest BCUT2D eigenvalue weighted by molar-refractivity contribution is 6.32. The minimum Gasteiger partial charge on any atom is -0.293 e. The number of benzene rings is 1. The molecule has 1 heterocycles. The number of rotatable bonds is 2. The van der Waals surface area contributed by atoms with E-state index in [0.717, 1.165) is 0 Å². The maximum atomic E-state index is 11.6. The quantitative estimate of drug-likeness (QED) is 0.781. The molecule has 0 saturated carbocycles. The highest BCUT2D eigenvalue weighted by Gasteiger charge is 2.12. The lowest BCUT2D eigenvalue weighted by Crippen LogP contribution is -2.21. The molecule has 0 radical (unpaired) electrons. The van der Waals surface area contributed by atoms with Gasteiger partial charge in [-0.25, -0.2) is 4.68 Å². The van der Waals surface area contributed by atoms with Crippen LogP contribution in [0.3, 0.4) is 0 Å². The van der Waals surface area contributed by atoms with Crippen LogP contribution in [0.25, 0.3) is 5.69 Å². The predicted octanol–water partition coefficient (Wildman–Crippen LogP) is 2.40. The lowest BCUT2D eigenvalue weighted by molar-refractivity contribution is 0.101. The van der Waals surface area contributed by atoms with E-state index >= 15 is 0 Å². The number of carbonyl (C=O) groups excluding carboxylic acids is 1. The molecular formula is C13H11ClN2O2. The number of ketones is 1. The molecule has 0 aliphatic heterocycles. The van der Waals surface area contributed by atoms with E-state index in [1.54, 1.807) is 25.1 Å². The van der Waals surface area contributed by atoms with Crippen molar-refractivity contribution in [2.75, 3.05) is 0 Å². The van der Waals surface area contributed by atoms with E-state index in [1.165, 1.54) is 17.7 Å². The Bertz CT molecular complexity index is 677. The highest BCUT2D eigenvalue weighted by atomic mass is 35.5. The zero-order chi connectivity index (χ0) is 13.3. The maximum Gasteiger partial charge on any atom is 0.211 e. The van der Waals surface area contributed by atoms with Crippen molar-refractivity contribution in [1.29, 1.82) is 0 Å². The second-order valence-corrected chi connectivity index (χ2v) is 4.33. The lowest BCUT2D eigenvalue weighted by atomic mass is 10.2. The number of nitrogens with zero attached hydrogens (tertiary/aromatic N) is 2. The van der Waals surface area contributed by atoms with Gasteiger partial charge < -0.3 is 0 Å². The van der Waals surface area contributed by atoms with E-state index in [4.69, 9.17) is 11.6 Å². The molecule has 0 atom stereocenters. The van der Waals surface area contributed by atoms with Crippen LogP contribution in [0, 0.1) is 6.92 Å². The molecule has 0 amide bonds. The van der Waals surface area contributed by atoms with Gasteiger partial charge in [0, 0.05) is 18.7 Å². The number of carbonyl (C=O) groups is 1. The smallest absolute Gasteiger partial charge is 0.211 e.